The minimum atomic E-state index is -0.285. The molecule has 0 atom stereocenters. The third-order valence-electron chi connectivity index (χ3n) is 4.37. The Kier molecular flexibility index (Phi) is 6.22. The Labute approximate surface area is 165 Å². The molecule has 28 heavy (non-hydrogen) atoms. The minimum absolute atomic E-state index is 0.262. The number of carbonyl (C=O) groups is 1. The van der Waals surface area contributed by atoms with Crippen LogP contribution in [0.2, 0.25) is 0 Å². The molecule has 1 heterocycles. The van der Waals surface area contributed by atoms with Crippen molar-refractivity contribution < 1.29 is 9.53 Å². The smallest absolute Gasteiger partial charge is 0.272 e. The van der Waals surface area contributed by atoms with Crippen molar-refractivity contribution in [1.29, 1.82) is 0 Å². The van der Waals surface area contributed by atoms with Crippen LogP contribution in [-0.4, -0.2) is 23.2 Å². The number of ether oxygens (including phenoxy) is 1. The molecule has 6 nitrogen and oxygen atoms in total. The predicted molar refractivity (Wildman–Crippen MR) is 110 cm³/mol. The maximum absolute atomic E-state index is 12.4. The van der Waals surface area contributed by atoms with Crippen LogP contribution in [0.3, 0.4) is 0 Å². The monoisotopic (exact) mass is 376 g/mol. The summed E-state index contributed by atoms with van der Waals surface area (Å²) in [6.45, 7) is 4.63. The fraction of sp³-hybridized carbons (Fsp3) is 0.227. The molecule has 3 rings (SSSR count). The van der Waals surface area contributed by atoms with Gasteiger partial charge in [0.15, 0.2) is 11.5 Å². The fourth-order valence-electron chi connectivity index (χ4n) is 2.89. The predicted octanol–water partition coefficient (Wildman–Crippen LogP) is 4.28. The highest BCUT2D eigenvalue weighted by molar-refractivity contribution is 5.92. The lowest BCUT2D eigenvalue weighted by Gasteiger charge is -2.13. The van der Waals surface area contributed by atoms with E-state index in [0.29, 0.717) is 18.3 Å². The summed E-state index contributed by atoms with van der Waals surface area (Å²) in [5.41, 5.74) is 3.34. The van der Waals surface area contributed by atoms with Crippen LogP contribution in [0.25, 0.3) is 0 Å². The van der Waals surface area contributed by atoms with E-state index < -0.39 is 0 Å². The van der Waals surface area contributed by atoms with Gasteiger partial charge in [-0.15, -0.1) is 10.2 Å². The molecule has 0 fully saturated rings. The SMILES string of the molecule is COc1ccccc1CNC(=O)c1ccc(Nc2ccccc2C(C)C)nn1. The number of nitrogens with zero attached hydrogens (tertiary/aromatic N) is 2. The molecular formula is C22H24N4O2. The van der Waals surface area contributed by atoms with Crippen LogP contribution in [0, 0.1) is 0 Å². The molecule has 1 aromatic heterocycles. The summed E-state index contributed by atoms with van der Waals surface area (Å²) in [6, 6.07) is 19.0. The number of anilines is 2. The second-order valence-electron chi connectivity index (χ2n) is 6.67. The molecule has 0 aliphatic heterocycles. The van der Waals surface area contributed by atoms with E-state index in [-0.39, 0.29) is 11.6 Å². The van der Waals surface area contributed by atoms with Crippen molar-refractivity contribution in [2.45, 2.75) is 26.3 Å². The fourth-order valence-corrected chi connectivity index (χ4v) is 2.89. The van der Waals surface area contributed by atoms with E-state index in [1.807, 2.05) is 42.5 Å². The summed E-state index contributed by atoms with van der Waals surface area (Å²) in [5, 5.41) is 14.3. The molecule has 6 heteroatoms. The van der Waals surface area contributed by atoms with Gasteiger partial charge in [0.05, 0.1) is 7.11 Å². The highest BCUT2D eigenvalue weighted by atomic mass is 16.5. The summed E-state index contributed by atoms with van der Waals surface area (Å²) in [4.78, 5) is 12.4. The van der Waals surface area contributed by atoms with Crippen LogP contribution >= 0.6 is 0 Å². The molecule has 3 aromatic rings. The number of rotatable bonds is 7. The zero-order chi connectivity index (χ0) is 19.9. The average molecular weight is 376 g/mol. The van der Waals surface area contributed by atoms with Gasteiger partial charge >= 0.3 is 0 Å². The summed E-state index contributed by atoms with van der Waals surface area (Å²) in [5.74, 6) is 1.43. The van der Waals surface area contributed by atoms with Crippen molar-refractivity contribution in [2.24, 2.45) is 0 Å². The van der Waals surface area contributed by atoms with Gasteiger partial charge in [-0.2, -0.15) is 0 Å². The highest BCUT2D eigenvalue weighted by Crippen LogP contribution is 2.26. The highest BCUT2D eigenvalue weighted by Gasteiger charge is 2.11. The van der Waals surface area contributed by atoms with Gasteiger partial charge in [-0.3, -0.25) is 4.79 Å². The van der Waals surface area contributed by atoms with Crippen LogP contribution in [0.1, 0.15) is 41.4 Å². The van der Waals surface area contributed by atoms with Crippen molar-refractivity contribution in [1.82, 2.24) is 15.5 Å². The molecular weight excluding hydrogens is 352 g/mol. The van der Waals surface area contributed by atoms with Crippen LogP contribution < -0.4 is 15.4 Å². The van der Waals surface area contributed by atoms with Gasteiger partial charge in [0, 0.05) is 17.8 Å². The summed E-state index contributed by atoms with van der Waals surface area (Å²) < 4.78 is 5.29. The van der Waals surface area contributed by atoms with E-state index >= 15 is 0 Å². The van der Waals surface area contributed by atoms with Gasteiger partial charge in [-0.1, -0.05) is 50.2 Å². The number of amides is 1. The molecule has 2 N–H and O–H groups in total. The van der Waals surface area contributed by atoms with Gasteiger partial charge in [-0.05, 0) is 35.7 Å². The maximum atomic E-state index is 12.4. The Hall–Kier alpha value is -3.41. The topological polar surface area (TPSA) is 76.1 Å². The number of para-hydroxylation sites is 2. The maximum Gasteiger partial charge on any atom is 0.272 e. The number of carbonyl (C=O) groups excluding carboxylic acids is 1. The van der Waals surface area contributed by atoms with Gasteiger partial charge in [0.2, 0.25) is 0 Å². The lowest BCUT2D eigenvalue weighted by atomic mass is 10.0. The van der Waals surface area contributed by atoms with Gasteiger partial charge in [-0.25, -0.2) is 0 Å². The van der Waals surface area contributed by atoms with E-state index in [9.17, 15) is 4.79 Å². The number of hydrogen-bond donors (Lipinski definition) is 2. The number of benzene rings is 2. The first-order chi connectivity index (χ1) is 13.6. The van der Waals surface area contributed by atoms with Crippen molar-refractivity contribution >= 4 is 17.4 Å². The molecule has 1 amide bonds. The molecule has 0 saturated heterocycles. The third-order valence-corrected chi connectivity index (χ3v) is 4.37. The van der Waals surface area contributed by atoms with E-state index in [0.717, 1.165) is 17.0 Å². The molecule has 0 unspecified atom stereocenters. The molecule has 0 aliphatic rings. The van der Waals surface area contributed by atoms with Crippen LogP contribution in [0.15, 0.2) is 60.7 Å². The number of aromatic nitrogens is 2. The van der Waals surface area contributed by atoms with Gasteiger partial charge in [0.25, 0.3) is 5.91 Å². The van der Waals surface area contributed by atoms with Crippen molar-refractivity contribution in [3.8, 4) is 5.75 Å². The number of hydrogen-bond acceptors (Lipinski definition) is 5. The van der Waals surface area contributed by atoms with Crippen LogP contribution in [0.4, 0.5) is 11.5 Å². The van der Waals surface area contributed by atoms with E-state index in [2.05, 4.69) is 40.7 Å². The standard InChI is InChI=1S/C22H24N4O2/c1-15(2)17-9-5-6-10-18(17)24-21-13-12-19(25-26-21)22(27)23-14-16-8-4-7-11-20(16)28-3/h4-13,15H,14H2,1-3H3,(H,23,27)(H,24,26). The Morgan fingerprint density at radius 1 is 1.00 bits per heavy atom. The average Bonchev–Trinajstić information content (AvgIpc) is 2.73. The first-order valence-electron chi connectivity index (χ1n) is 9.18. The Morgan fingerprint density at radius 3 is 2.46 bits per heavy atom. The van der Waals surface area contributed by atoms with Crippen LogP contribution in [-0.2, 0) is 6.54 Å². The Balaban J connectivity index is 1.65. The first kappa shape index (κ1) is 19.4. The van der Waals surface area contributed by atoms with Crippen molar-refractivity contribution in [2.75, 3.05) is 12.4 Å². The zero-order valence-electron chi connectivity index (χ0n) is 16.3. The molecule has 0 saturated carbocycles. The number of nitrogens with one attached hydrogen (secondary N) is 2. The number of methoxy groups -OCH3 is 1. The van der Waals surface area contributed by atoms with Gasteiger partial charge < -0.3 is 15.4 Å². The first-order valence-corrected chi connectivity index (χ1v) is 9.18. The molecule has 0 radical (unpaired) electrons. The lowest BCUT2D eigenvalue weighted by Crippen LogP contribution is -2.24. The van der Waals surface area contributed by atoms with E-state index in [1.165, 1.54) is 5.56 Å². The largest absolute Gasteiger partial charge is 0.496 e. The summed E-state index contributed by atoms with van der Waals surface area (Å²) in [7, 11) is 1.61. The summed E-state index contributed by atoms with van der Waals surface area (Å²) in [6.07, 6.45) is 0. The lowest BCUT2D eigenvalue weighted by molar-refractivity contribution is 0.0944. The molecule has 0 spiro atoms. The minimum Gasteiger partial charge on any atom is -0.496 e. The second-order valence-corrected chi connectivity index (χ2v) is 6.67. The molecule has 2 aromatic carbocycles. The van der Waals surface area contributed by atoms with Crippen molar-refractivity contribution in [3.63, 3.8) is 0 Å². The molecule has 0 bridgehead atoms. The zero-order valence-corrected chi connectivity index (χ0v) is 16.3. The summed E-state index contributed by atoms with van der Waals surface area (Å²) >= 11 is 0. The van der Waals surface area contributed by atoms with Gasteiger partial charge in [0.1, 0.15) is 5.75 Å². The normalized spacial score (nSPS) is 10.6. The van der Waals surface area contributed by atoms with E-state index in [4.69, 9.17) is 4.74 Å². The Bertz CT molecular complexity index is 939. The molecule has 144 valence electrons. The van der Waals surface area contributed by atoms with Crippen LogP contribution in [0.5, 0.6) is 5.75 Å². The second kappa shape index (κ2) is 8.99. The van der Waals surface area contributed by atoms with E-state index in [1.54, 1.807) is 19.2 Å². The third kappa shape index (κ3) is 4.65. The quantitative estimate of drug-likeness (QED) is 0.644. The Morgan fingerprint density at radius 2 is 1.75 bits per heavy atom. The molecule has 0 aliphatic carbocycles. The van der Waals surface area contributed by atoms with Crippen molar-refractivity contribution in [3.05, 3.63) is 77.5 Å².